The van der Waals surface area contributed by atoms with Crippen molar-refractivity contribution in [1.29, 1.82) is 0 Å². The molecule has 1 aromatic carbocycles. The molecule has 0 bridgehead atoms. The molecule has 4 rings (SSSR count). The first-order chi connectivity index (χ1) is 17.0. The number of hydrogen-bond acceptors (Lipinski definition) is 5. The molecule has 1 N–H and O–H groups in total. The van der Waals surface area contributed by atoms with Crippen molar-refractivity contribution < 1.29 is 27.4 Å². The second-order valence-electron chi connectivity index (χ2n) is 8.73. The number of nitrogens with one attached hydrogen (secondary N) is 1. The highest BCUT2D eigenvalue weighted by Crippen LogP contribution is 2.47. The van der Waals surface area contributed by atoms with Gasteiger partial charge in [0.1, 0.15) is 0 Å². The molecule has 1 aliphatic rings. The average Bonchev–Trinajstić information content (AvgIpc) is 3.56. The van der Waals surface area contributed by atoms with E-state index in [9.17, 15) is 18.0 Å². The number of rotatable bonds is 9. The summed E-state index contributed by atoms with van der Waals surface area (Å²) in [5.41, 5.74) is 2.48. The van der Waals surface area contributed by atoms with Crippen LogP contribution < -0.4 is 14.8 Å². The molecule has 36 heavy (non-hydrogen) atoms. The minimum Gasteiger partial charge on any atom is -0.493 e. The SMILES string of the molecule is COc1ccc(Cn2nc(C)c(NC(=O)CCn3nc(C(F)(F)F)c(Br)c3C3CC3)c2C)cc1OC. The predicted molar refractivity (Wildman–Crippen MR) is 130 cm³/mol. The fraction of sp³-hybridized carbons (Fsp3) is 0.458. The molecule has 0 aliphatic heterocycles. The fourth-order valence-electron chi connectivity index (χ4n) is 4.14. The number of nitrogens with zero attached hydrogens (tertiary/aromatic N) is 4. The molecule has 0 unspecified atom stereocenters. The zero-order valence-electron chi connectivity index (χ0n) is 20.4. The summed E-state index contributed by atoms with van der Waals surface area (Å²) >= 11 is 3.08. The van der Waals surface area contributed by atoms with Crippen LogP contribution in [-0.4, -0.2) is 39.7 Å². The van der Waals surface area contributed by atoms with Gasteiger partial charge in [-0.05, 0) is 60.3 Å². The van der Waals surface area contributed by atoms with Gasteiger partial charge in [0.05, 0.1) is 54.6 Å². The molecular formula is C24H27BrF3N5O3. The Morgan fingerprint density at radius 3 is 2.44 bits per heavy atom. The molecule has 2 heterocycles. The van der Waals surface area contributed by atoms with E-state index in [1.807, 2.05) is 25.1 Å². The highest BCUT2D eigenvalue weighted by atomic mass is 79.9. The van der Waals surface area contributed by atoms with Crippen LogP contribution in [-0.2, 0) is 24.1 Å². The van der Waals surface area contributed by atoms with E-state index in [-0.39, 0.29) is 29.3 Å². The predicted octanol–water partition coefficient (Wildman–Crippen LogP) is 5.45. The summed E-state index contributed by atoms with van der Waals surface area (Å²) in [5, 5.41) is 11.2. The van der Waals surface area contributed by atoms with Crippen LogP contribution in [0.15, 0.2) is 22.7 Å². The monoisotopic (exact) mass is 569 g/mol. The number of aryl methyl sites for hydroxylation is 2. The lowest BCUT2D eigenvalue weighted by Crippen LogP contribution is -2.17. The Balaban J connectivity index is 1.45. The topological polar surface area (TPSA) is 83.2 Å². The van der Waals surface area contributed by atoms with Crippen molar-refractivity contribution in [3.8, 4) is 11.5 Å². The van der Waals surface area contributed by atoms with Gasteiger partial charge in [-0.15, -0.1) is 0 Å². The second kappa shape index (κ2) is 10.2. The first kappa shape index (κ1) is 26.1. The number of aromatic nitrogens is 4. The quantitative estimate of drug-likeness (QED) is 0.370. The van der Waals surface area contributed by atoms with Crippen molar-refractivity contribution in [2.24, 2.45) is 0 Å². The lowest BCUT2D eigenvalue weighted by Gasteiger charge is -2.11. The van der Waals surface area contributed by atoms with Crippen LogP contribution in [0.2, 0.25) is 0 Å². The number of anilines is 1. The molecule has 1 saturated carbocycles. The van der Waals surface area contributed by atoms with Crippen molar-refractivity contribution in [2.75, 3.05) is 19.5 Å². The normalized spacial score (nSPS) is 13.7. The summed E-state index contributed by atoms with van der Waals surface area (Å²) < 4.78 is 53.7. The van der Waals surface area contributed by atoms with Gasteiger partial charge in [-0.3, -0.25) is 14.2 Å². The van der Waals surface area contributed by atoms with E-state index in [0.717, 1.165) is 24.1 Å². The number of carbonyl (C=O) groups excluding carboxylic acids is 1. The molecule has 1 amide bonds. The Morgan fingerprint density at radius 1 is 1.14 bits per heavy atom. The number of benzene rings is 1. The minimum absolute atomic E-state index is 0.0229. The Kier molecular flexibility index (Phi) is 7.35. The van der Waals surface area contributed by atoms with Crippen molar-refractivity contribution in [3.63, 3.8) is 0 Å². The Labute approximate surface area is 214 Å². The summed E-state index contributed by atoms with van der Waals surface area (Å²) in [4.78, 5) is 12.7. The molecule has 194 valence electrons. The summed E-state index contributed by atoms with van der Waals surface area (Å²) in [5.74, 6) is 0.938. The zero-order chi connectivity index (χ0) is 26.2. The number of halogens is 4. The molecule has 0 spiro atoms. The Hall–Kier alpha value is -3.02. The van der Waals surface area contributed by atoms with Gasteiger partial charge in [0.2, 0.25) is 5.91 Å². The number of methoxy groups -OCH3 is 2. The van der Waals surface area contributed by atoms with Gasteiger partial charge in [-0.1, -0.05) is 6.07 Å². The van der Waals surface area contributed by atoms with Crippen molar-refractivity contribution in [1.82, 2.24) is 19.6 Å². The number of amides is 1. The van der Waals surface area contributed by atoms with E-state index in [1.165, 1.54) is 4.68 Å². The molecule has 2 aromatic heterocycles. The second-order valence-corrected chi connectivity index (χ2v) is 9.53. The van der Waals surface area contributed by atoms with E-state index in [4.69, 9.17) is 9.47 Å². The average molecular weight is 570 g/mol. The van der Waals surface area contributed by atoms with Crippen LogP contribution in [0.25, 0.3) is 0 Å². The molecule has 0 saturated heterocycles. The highest BCUT2D eigenvalue weighted by Gasteiger charge is 2.41. The van der Waals surface area contributed by atoms with Gasteiger partial charge in [0.15, 0.2) is 17.2 Å². The first-order valence-corrected chi connectivity index (χ1v) is 12.2. The van der Waals surface area contributed by atoms with Crippen LogP contribution in [0.3, 0.4) is 0 Å². The van der Waals surface area contributed by atoms with Crippen molar-refractivity contribution in [3.05, 3.63) is 51.0 Å². The maximum atomic E-state index is 13.3. The zero-order valence-corrected chi connectivity index (χ0v) is 22.0. The summed E-state index contributed by atoms with van der Waals surface area (Å²) in [6.07, 6.45) is -2.96. The lowest BCUT2D eigenvalue weighted by molar-refractivity contribution is -0.142. The lowest BCUT2D eigenvalue weighted by atomic mass is 10.2. The first-order valence-electron chi connectivity index (χ1n) is 11.4. The maximum absolute atomic E-state index is 13.3. The van der Waals surface area contributed by atoms with Crippen LogP contribution >= 0.6 is 15.9 Å². The molecule has 0 radical (unpaired) electrons. The summed E-state index contributed by atoms with van der Waals surface area (Å²) in [6, 6.07) is 5.59. The van der Waals surface area contributed by atoms with E-state index >= 15 is 0 Å². The summed E-state index contributed by atoms with van der Waals surface area (Å²) in [7, 11) is 3.14. The maximum Gasteiger partial charge on any atom is 0.436 e. The van der Waals surface area contributed by atoms with Crippen molar-refractivity contribution in [2.45, 2.75) is 58.3 Å². The van der Waals surface area contributed by atoms with Crippen LogP contribution in [0.4, 0.5) is 18.9 Å². The van der Waals surface area contributed by atoms with Gasteiger partial charge in [-0.25, -0.2) is 0 Å². The van der Waals surface area contributed by atoms with E-state index in [0.29, 0.717) is 35.1 Å². The van der Waals surface area contributed by atoms with Gasteiger partial charge in [0, 0.05) is 12.3 Å². The minimum atomic E-state index is -4.56. The number of carbonyl (C=O) groups is 1. The third-order valence-corrected chi connectivity index (χ3v) is 6.92. The third kappa shape index (κ3) is 5.37. The van der Waals surface area contributed by atoms with Crippen molar-refractivity contribution >= 4 is 27.5 Å². The largest absolute Gasteiger partial charge is 0.493 e. The summed E-state index contributed by atoms with van der Waals surface area (Å²) in [6.45, 7) is 4.14. The number of alkyl halides is 3. The molecule has 0 atom stereocenters. The van der Waals surface area contributed by atoms with E-state index in [1.54, 1.807) is 25.8 Å². The molecular weight excluding hydrogens is 543 g/mol. The van der Waals surface area contributed by atoms with E-state index < -0.39 is 11.9 Å². The third-order valence-electron chi connectivity index (χ3n) is 6.14. The smallest absolute Gasteiger partial charge is 0.436 e. The Bertz CT molecular complexity index is 1280. The number of hydrogen-bond donors (Lipinski definition) is 1. The van der Waals surface area contributed by atoms with Gasteiger partial charge in [-0.2, -0.15) is 23.4 Å². The van der Waals surface area contributed by atoms with Crippen LogP contribution in [0.1, 0.15) is 53.5 Å². The molecule has 1 aliphatic carbocycles. The van der Waals surface area contributed by atoms with Gasteiger partial charge < -0.3 is 14.8 Å². The molecule has 1 fully saturated rings. The molecule has 8 nitrogen and oxygen atoms in total. The van der Waals surface area contributed by atoms with E-state index in [2.05, 4.69) is 31.4 Å². The number of ether oxygens (including phenoxy) is 2. The molecule has 12 heteroatoms. The van der Waals surface area contributed by atoms with Crippen LogP contribution in [0, 0.1) is 13.8 Å². The standard InChI is InChI=1S/C24H27BrF3N5O3/c1-13-21(14(2)33(30-13)12-15-5-8-17(35-3)18(11-15)36-4)29-19(34)9-10-32-22(16-6-7-16)20(25)23(31-32)24(26,27)28/h5,8,11,16H,6-7,9-10,12H2,1-4H3,(H,29,34). The van der Waals surface area contributed by atoms with Gasteiger partial charge >= 0.3 is 6.18 Å². The van der Waals surface area contributed by atoms with Crippen LogP contribution in [0.5, 0.6) is 11.5 Å². The fourth-order valence-corrected chi connectivity index (χ4v) is 4.98. The van der Waals surface area contributed by atoms with Gasteiger partial charge in [0.25, 0.3) is 0 Å². The Morgan fingerprint density at radius 2 is 1.83 bits per heavy atom. The molecule has 3 aromatic rings. The highest BCUT2D eigenvalue weighted by molar-refractivity contribution is 9.10.